The molecule has 1 N–H and O–H groups in total. The number of aryl methyl sites for hydroxylation is 1. The maximum absolute atomic E-state index is 12.9. The van der Waals surface area contributed by atoms with Crippen molar-refractivity contribution in [3.05, 3.63) is 46.2 Å². The maximum Gasteiger partial charge on any atom is 0.418 e. The van der Waals surface area contributed by atoms with Crippen molar-refractivity contribution in [1.82, 2.24) is 9.78 Å². The average molecular weight is 348 g/mol. The third-order valence-electron chi connectivity index (χ3n) is 2.78. The number of aromatic nitrogens is 2. The SMILES string of the molecule is CCn1cc(CNc2ccc(Br)cc2C(F)(F)F)cn1. The third kappa shape index (κ3) is 3.53. The van der Waals surface area contributed by atoms with E-state index < -0.39 is 11.7 Å². The molecule has 0 aliphatic rings. The minimum atomic E-state index is -4.39. The lowest BCUT2D eigenvalue weighted by molar-refractivity contribution is -0.137. The minimum absolute atomic E-state index is 0.0601. The van der Waals surface area contributed by atoms with Crippen LogP contribution < -0.4 is 5.32 Å². The first-order valence-corrected chi connectivity index (χ1v) is 6.81. The van der Waals surface area contributed by atoms with Gasteiger partial charge in [0, 0.05) is 35.0 Å². The molecule has 0 fully saturated rings. The van der Waals surface area contributed by atoms with Gasteiger partial charge in [0.15, 0.2) is 0 Å². The lowest BCUT2D eigenvalue weighted by Crippen LogP contribution is -2.10. The Labute approximate surface area is 122 Å². The summed E-state index contributed by atoms with van der Waals surface area (Å²) < 4.78 is 40.9. The lowest BCUT2D eigenvalue weighted by atomic mass is 10.1. The molecule has 1 aromatic heterocycles. The van der Waals surface area contributed by atoms with Crippen molar-refractivity contribution in [2.24, 2.45) is 0 Å². The molecular formula is C13H13BrF3N3. The van der Waals surface area contributed by atoms with Crippen LogP contribution in [0, 0.1) is 0 Å². The summed E-state index contributed by atoms with van der Waals surface area (Å²) in [5.74, 6) is 0. The Morgan fingerprint density at radius 3 is 2.70 bits per heavy atom. The number of alkyl halides is 3. The van der Waals surface area contributed by atoms with Crippen molar-refractivity contribution >= 4 is 21.6 Å². The summed E-state index contributed by atoms with van der Waals surface area (Å²) in [5.41, 5.74) is 0.211. The molecule has 7 heteroatoms. The highest BCUT2D eigenvalue weighted by molar-refractivity contribution is 9.10. The Bertz CT molecular complexity index is 593. The smallest absolute Gasteiger partial charge is 0.380 e. The number of anilines is 1. The molecule has 2 aromatic rings. The molecule has 108 valence electrons. The van der Waals surface area contributed by atoms with Gasteiger partial charge >= 0.3 is 6.18 Å². The van der Waals surface area contributed by atoms with Crippen LogP contribution in [0.25, 0.3) is 0 Å². The molecule has 0 unspecified atom stereocenters. The number of benzene rings is 1. The second kappa shape index (κ2) is 5.87. The fourth-order valence-electron chi connectivity index (χ4n) is 1.77. The summed E-state index contributed by atoms with van der Waals surface area (Å²) in [5, 5.41) is 6.89. The largest absolute Gasteiger partial charge is 0.418 e. The minimum Gasteiger partial charge on any atom is -0.380 e. The van der Waals surface area contributed by atoms with E-state index in [1.165, 1.54) is 6.07 Å². The quantitative estimate of drug-likeness (QED) is 0.893. The Balaban J connectivity index is 2.17. The molecule has 0 aliphatic heterocycles. The molecule has 0 aliphatic carbocycles. The Morgan fingerprint density at radius 2 is 2.10 bits per heavy atom. The standard InChI is InChI=1S/C13H13BrF3N3/c1-2-20-8-9(7-19-20)6-18-12-4-3-10(14)5-11(12)13(15,16)17/h3-5,7-8,18H,2,6H2,1H3. The highest BCUT2D eigenvalue weighted by atomic mass is 79.9. The van der Waals surface area contributed by atoms with Crippen LogP contribution in [-0.2, 0) is 19.3 Å². The molecule has 1 aromatic carbocycles. The molecule has 0 atom stereocenters. The second-order valence-electron chi connectivity index (χ2n) is 4.25. The highest BCUT2D eigenvalue weighted by Gasteiger charge is 2.33. The molecule has 0 bridgehead atoms. The zero-order valence-electron chi connectivity index (χ0n) is 10.7. The van der Waals surface area contributed by atoms with Crippen LogP contribution in [0.15, 0.2) is 35.1 Å². The Morgan fingerprint density at radius 1 is 1.35 bits per heavy atom. The van der Waals surface area contributed by atoms with Crippen LogP contribution in [0.5, 0.6) is 0 Å². The van der Waals surface area contributed by atoms with E-state index in [1.807, 2.05) is 6.92 Å². The molecule has 20 heavy (non-hydrogen) atoms. The molecule has 2 rings (SSSR count). The predicted octanol–water partition coefficient (Wildman–Crippen LogP) is 4.30. The van der Waals surface area contributed by atoms with Gasteiger partial charge in [-0.3, -0.25) is 4.68 Å². The van der Waals surface area contributed by atoms with E-state index in [2.05, 4.69) is 26.3 Å². The van der Waals surface area contributed by atoms with Crippen LogP contribution in [0.4, 0.5) is 18.9 Å². The predicted molar refractivity (Wildman–Crippen MR) is 74.4 cm³/mol. The van der Waals surface area contributed by atoms with E-state index in [4.69, 9.17) is 0 Å². The van der Waals surface area contributed by atoms with Gasteiger partial charge in [-0.2, -0.15) is 18.3 Å². The zero-order valence-corrected chi connectivity index (χ0v) is 12.3. The molecule has 0 amide bonds. The Kier molecular flexibility index (Phi) is 4.37. The summed E-state index contributed by atoms with van der Waals surface area (Å²) in [6, 6.07) is 4.06. The van der Waals surface area contributed by atoms with Gasteiger partial charge < -0.3 is 5.32 Å². The van der Waals surface area contributed by atoms with Crippen LogP contribution in [0.3, 0.4) is 0 Å². The molecular weight excluding hydrogens is 335 g/mol. The van der Waals surface area contributed by atoms with Gasteiger partial charge in [-0.15, -0.1) is 0 Å². The van der Waals surface area contributed by atoms with E-state index >= 15 is 0 Å². The van der Waals surface area contributed by atoms with Crippen molar-refractivity contribution in [1.29, 1.82) is 0 Å². The van der Waals surface area contributed by atoms with Crippen molar-refractivity contribution in [3.63, 3.8) is 0 Å². The van der Waals surface area contributed by atoms with Gasteiger partial charge in [-0.05, 0) is 25.1 Å². The van der Waals surface area contributed by atoms with Gasteiger partial charge in [0.1, 0.15) is 0 Å². The molecule has 0 saturated heterocycles. The van der Waals surface area contributed by atoms with Crippen molar-refractivity contribution in [2.75, 3.05) is 5.32 Å². The summed E-state index contributed by atoms with van der Waals surface area (Å²) >= 11 is 3.06. The van der Waals surface area contributed by atoms with Crippen LogP contribution in [0.1, 0.15) is 18.1 Å². The fourth-order valence-corrected chi connectivity index (χ4v) is 2.13. The number of halogens is 4. The molecule has 0 saturated carbocycles. The van der Waals surface area contributed by atoms with E-state index in [-0.39, 0.29) is 5.69 Å². The second-order valence-corrected chi connectivity index (χ2v) is 5.16. The highest BCUT2D eigenvalue weighted by Crippen LogP contribution is 2.36. The summed E-state index contributed by atoms with van der Waals surface area (Å²) in [4.78, 5) is 0. The first-order chi connectivity index (χ1) is 9.40. The van der Waals surface area contributed by atoms with E-state index in [1.54, 1.807) is 23.1 Å². The van der Waals surface area contributed by atoms with Crippen molar-refractivity contribution < 1.29 is 13.2 Å². The van der Waals surface area contributed by atoms with Crippen molar-refractivity contribution in [3.8, 4) is 0 Å². The maximum atomic E-state index is 12.9. The molecule has 1 heterocycles. The Hall–Kier alpha value is -1.50. The normalized spacial score (nSPS) is 11.7. The van der Waals surface area contributed by atoms with E-state index in [0.717, 1.165) is 18.2 Å². The number of rotatable bonds is 4. The van der Waals surface area contributed by atoms with Gasteiger partial charge in [0.2, 0.25) is 0 Å². The molecule has 3 nitrogen and oxygen atoms in total. The fraction of sp³-hybridized carbons (Fsp3) is 0.308. The summed E-state index contributed by atoms with van der Waals surface area (Å²) in [6.07, 6.45) is -0.943. The first kappa shape index (κ1) is 14.9. The van der Waals surface area contributed by atoms with Crippen LogP contribution in [-0.4, -0.2) is 9.78 Å². The number of hydrogen-bond acceptors (Lipinski definition) is 2. The summed E-state index contributed by atoms with van der Waals surface area (Å²) in [6.45, 7) is 2.97. The zero-order chi connectivity index (χ0) is 14.8. The van der Waals surface area contributed by atoms with E-state index in [9.17, 15) is 13.2 Å². The van der Waals surface area contributed by atoms with Crippen LogP contribution in [0.2, 0.25) is 0 Å². The number of nitrogens with one attached hydrogen (secondary N) is 1. The van der Waals surface area contributed by atoms with Gasteiger partial charge in [-0.25, -0.2) is 0 Å². The van der Waals surface area contributed by atoms with Crippen LogP contribution >= 0.6 is 15.9 Å². The van der Waals surface area contributed by atoms with E-state index in [0.29, 0.717) is 11.0 Å². The number of nitrogens with zero attached hydrogens (tertiary/aromatic N) is 2. The van der Waals surface area contributed by atoms with Crippen molar-refractivity contribution in [2.45, 2.75) is 26.2 Å². The molecule has 0 spiro atoms. The number of hydrogen-bond donors (Lipinski definition) is 1. The topological polar surface area (TPSA) is 29.9 Å². The monoisotopic (exact) mass is 347 g/mol. The third-order valence-corrected chi connectivity index (χ3v) is 3.27. The van der Waals surface area contributed by atoms with Gasteiger partial charge in [0.25, 0.3) is 0 Å². The van der Waals surface area contributed by atoms with Gasteiger partial charge in [0.05, 0.1) is 11.8 Å². The van der Waals surface area contributed by atoms with Gasteiger partial charge in [-0.1, -0.05) is 15.9 Å². The summed E-state index contributed by atoms with van der Waals surface area (Å²) in [7, 11) is 0. The lowest BCUT2D eigenvalue weighted by Gasteiger charge is -2.14. The average Bonchev–Trinajstić information content (AvgIpc) is 2.84. The molecule has 0 radical (unpaired) electrons. The first-order valence-electron chi connectivity index (χ1n) is 6.02.